The molecule has 0 fully saturated rings. The molecule has 1 aromatic heterocycles. The fraction of sp³-hybridized carbons (Fsp3) is 0.176. The maximum Gasteiger partial charge on any atom is 0.251 e. The van der Waals surface area contributed by atoms with Gasteiger partial charge in [-0.05, 0) is 29.6 Å². The summed E-state index contributed by atoms with van der Waals surface area (Å²) in [6.45, 7) is 4.37. The molecule has 0 radical (unpaired) electrons. The number of benzene rings is 1. The average Bonchev–Trinajstić information content (AvgIpc) is 3.05. The van der Waals surface area contributed by atoms with E-state index in [-0.39, 0.29) is 18.0 Å². The van der Waals surface area contributed by atoms with Crippen molar-refractivity contribution in [3.8, 4) is 0 Å². The minimum atomic E-state index is -0.491. The molecule has 0 bridgehead atoms. The van der Waals surface area contributed by atoms with Crippen LogP contribution in [-0.2, 0) is 11.3 Å². The van der Waals surface area contributed by atoms with E-state index < -0.39 is 11.7 Å². The Kier molecular flexibility index (Phi) is 6.05. The lowest BCUT2D eigenvalue weighted by Crippen LogP contribution is -2.39. The van der Waals surface area contributed by atoms with Crippen molar-refractivity contribution >= 4 is 23.2 Å². The Balaban J connectivity index is 1.93. The molecule has 2 rings (SSSR count). The van der Waals surface area contributed by atoms with Gasteiger partial charge in [-0.3, -0.25) is 9.59 Å². The van der Waals surface area contributed by atoms with Gasteiger partial charge in [0.1, 0.15) is 5.82 Å². The Morgan fingerprint density at radius 1 is 1.30 bits per heavy atom. The van der Waals surface area contributed by atoms with Gasteiger partial charge in [-0.15, -0.1) is 17.9 Å². The van der Waals surface area contributed by atoms with Crippen LogP contribution in [0, 0.1) is 5.82 Å². The molecular weight excluding hydrogens is 315 g/mol. The predicted octanol–water partition coefficient (Wildman–Crippen LogP) is 2.83. The van der Waals surface area contributed by atoms with Crippen LogP contribution in [0.3, 0.4) is 0 Å². The first kappa shape index (κ1) is 16.9. The van der Waals surface area contributed by atoms with E-state index in [0.29, 0.717) is 13.1 Å². The third-order valence-electron chi connectivity index (χ3n) is 3.12. The Bertz CT molecular complexity index is 686. The average molecular weight is 332 g/mol. The van der Waals surface area contributed by atoms with Gasteiger partial charge in [0, 0.05) is 17.0 Å². The number of carbonyl (C=O) groups is 2. The first-order valence-corrected chi connectivity index (χ1v) is 7.93. The summed E-state index contributed by atoms with van der Waals surface area (Å²) < 4.78 is 13.1. The van der Waals surface area contributed by atoms with E-state index in [1.807, 2.05) is 17.5 Å². The zero-order valence-corrected chi connectivity index (χ0v) is 13.3. The highest BCUT2D eigenvalue weighted by atomic mass is 32.1. The molecule has 2 amide bonds. The largest absolute Gasteiger partial charge is 0.343 e. The molecule has 0 saturated heterocycles. The number of hydrogen-bond acceptors (Lipinski definition) is 3. The second-order valence-electron chi connectivity index (χ2n) is 4.84. The van der Waals surface area contributed by atoms with Crippen molar-refractivity contribution in [3.05, 3.63) is 70.7 Å². The zero-order chi connectivity index (χ0) is 16.7. The molecule has 1 heterocycles. The normalized spacial score (nSPS) is 10.1. The fourth-order valence-corrected chi connectivity index (χ4v) is 2.72. The molecule has 1 N–H and O–H groups in total. The number of thiophene rings is 1. The number of hydrogen-bond donors (Lipinski definition) is 1. The SMILES string of the molecule is C=CCN(Cc1cccs1)C(=O)CNC(=O)c1cccc(F)c1. The van der Waals surface area contributed by atoms with Gasteiger partial charge < -0.3 is 10.2 Å². The predicted molar refractivity (Wildman–Crippen MR) is 88.7 cm³/mol. The summed E-state index contributed by atoms with van der Waals surface area (Å²) in [5, 5.41) is 4.46. The van der Waals surface area contributed by atoms with Crippen LogP contribution in [-0.4, -0.2) is 29.8 Å². The van der Waals surface area contributed by atoms with Crippen molar-refractivity contribution in [2.45, 2.75) is 6.54 Å². The number of nitrogens with one attached hydrogen (secondary N) is 1. The summed E-state index contributed by atoms with van der Waals surface area (Å²) in [7, 11) is 0. The van der Waals surface area contributed by atoms with Gasteiger partial charge in [0.05, 0.1) is 13.1 Å². The standard InChI is InChI=1S/C17H17FN2O2S/c1-2-8-20(12-15-7-4-9-23-15)16(21)11-19-17(22)13-5-3-6-14(18)10-13/h2-7,9-10H,1,8,11-12H2,(H,19,22). The van der Waals surface area contributed by atoms with Crippen LogP contribution in [0.25, 0.3) is 0 Å². The van der Waals surface area contributed by atoms with Crippen LogP contribution in [0.15, 0.2) is 54.4 Å². The lowest BCUT2D eigenvalue weighted by molar-refractivity contribution is -0.130. The van der Waals surface area contributed by atoms with E-state index in [1.165, 1.54) is 18.2 Å². The Hall–Kier alpha value is -2.47. The summed E-state index contributed by atoms with van der Waals surface area (Å²) in [6.07, 6.45) is 1.64. The summed E-state index contributed by atoms with van der Waals surface area (Å²) in [5.41, 5.74) is 0.186. The Morgan fingerprint density at radius 2 is 2.13 bits per heavy atom. The molecule has 0 atom stereocenters. The van der Waals surface area contributed by atoms with Crippen molar-refractivity contribution in [3.63, 3.8) is 0 Å². The van der Waals surface area contributed by atoms with E-state index in [2.05, 4.69) is 11.9 Å². The summed E-state index contributed by atoms with van der Waals surface area (Å²) in [6, 6.07) is 9.20. The Morgan fingerprint density at radius 3 is 2.78 bits per heavy atom. The van der Waals surface area contributed by atoms with Crippen LogP contribution in [0.2, 0.25) is 0 Å². The maximum atomic E-state index is 13.1. The zero-order valence-electron chi connectivity index (χ0n) is 12.5. The van der Waals surface area contributed by atoms with Crippen LogP contribution >= 0.6 is 11.3 Å². The van der Waals surface area contributed by atoms with Gasteiger partial charge in [-0.1, -0.05) is 18.2 Å². The van der Waals surface area contributed by atoms with E-state index in [1.54, 1.807) is 22.3 Å². The molecule has 4 nitrogen and oxygen atoms in total. The fourth-order valence-electron chi connectivity index (χ4n) is 2.00. The molecule has 0 aliphatic carbocycles. The van der Waals surface area contributed by atoms with Crippen molar-refractivity contribution in [2.75, 3.05) is 13.1 Å². The molecule has 120 valence electrons. The summed E-state index contributed by atoms with van der Waals surface area (Å²) >= 11 is 1.56. The number of halogens is 1. The monoisotopic (exact) mass is 332 g/mol. The topological polar surface area (TPSA) is 49.4 Å². The molecule has 0 spiro atoms. The number of amides is 2. The van der Waals surface area contributed by atoms with Gasteiger partial charge in [0.2, 0.25) is 5.91 Å². The van der Waals surface area contributed by atoms with Crippen LogP contribution in [0.5, 0.6) is 0 Å². The van der Waals surface area contributed by atoms with Gasteiger partial charge in [0.25, 0.3) is 5.91 Å². The lowest BCUT2D eigenvalue weighted by atomic mass is 10.2. The Labute approximate surface area is 138 Å². The van der Waals surface area contributed by atoms with Crippen molar-refractivity contribution in [1.29, 1.82) is 0 Å². The highest BCUT2D eigenvalue weighted by molar-refractivity contribution is 7.09. The van der Waals surface area contributed by atoms with E-state index in [4.69, 9.17) is 0 Å². The molecule has 0 aliphatic heterocycles. The smallest absolute Gasteiger partial charge is 0.251 e. The minimum absolute atomic E-state index is 0.144. The van der Waals surface area contributed by atoms with E-state index in [9.17, 15) is 14.0 Å². The van der Waals surface area contributed by atoms with Gasteiger partial charge in [-0.2, -0.15) is 0 Å². The molecule has 1 aromatic carbocycles. The summed E-state index contributed by atoms with van der Waals surface area (Å²) in [5.74, 6) is -1.19. The molecular formula is C17H17FN2O2S. The van der Waals surface area contributed by atoms with Gasteiger partial charge >= 0.3 is 0 Å². The molecule has 6 heteroatoms. The van der Waals surface area contributed by atoms with Crippen LogP contribution in [0.1, 0.15) is 15.2 Å². The van der Waals surface area contributed by atoms with E-state index >= 15 is 0 Å². The van der Waals surface area contributed by atoms with Crippen molar-refractivity contribution < 1.29 is 14.0 Å². The first-order valence-electron chi connectivity index (χ1n) is 7.05. The maximum absolute atomic E-state index is 13.1. The minimum Gasteiger partial charge on any atom is -0.343 e. The molecule has 0 unspecified atom stereocenters. The quantitative estimate of drug-likeness (QED) is 0.793. The van der Waals surface area contributed by atoms with Crippen molar-refractivity contribution in [1.82, 2.24) is 10.2 Å². The second-order valence-corrected chi connectivity index (χ2v) is 5.87. The number of carbonyl (C=O) groups excluding carboxylic acids is 2. The van der Waals surface area contributed by atoms with Crippen LogP contribution in [0.4, 0.5) is 4.39 Å². The first-order chi connectivity index (χ1) is 11.1. The second kappa shape index (κ2) is 8.24. The highest BCUT2D eigenvalue weighted by Crippen LogP contribution is 2.12. The van der Waals surface area contributed by atoms with Crippen LogP contribution < -0.4 is 5.32 Å². The number of nitrogens with zero attached hydrogens (tertiary/aromatic N) is 1. The van der Waals surface area contributed by atoms with Gasteiger partial charge in [0.15, 0.2) is 0 Å². The third-order valence-corrected chi connectivity index (χ3v) is 3.98. The third kappa shape index (κ3) is 5.03. The van der Waals surface area contributed by atoms with E-state index in [0.717, 1.165) is 10.9 Å². The molecule has 23 heavy (non-hydrogen) atoms. The number of rotatable bonds is 7. The van der Waals surface area contributed by atoms with Gasteiger partial charge in [-0.25, -0.2) is 4.39 Å². The molecule has 2 aromatic rings. The lowest BCUT2D eigenvalue weighted by Gasteiger charge is -2.20. The highest BCUT2D eigenvalue weighted by Gasteiger charge is 2.15. The molecule has 0 aliphatic rings. The van der Waals surface area contributed by atoms with Crippen molar-refractivity contribution in [2.24, 2.45) is 0 Å². The summed E-state index contributed by atoms with van der Waals surface area (Å²) in [4.78, 5) is 26.8. The molecule has 0 saturated carbocycles.